The van der Waals surface area contributed by atoms with Crippen LogP contribution in [0.25, 0.3) is 0 Å². The van der Waals surface area contributed by atoms with E-state index >= 15 is 0 Å². The third kappa shape index (κ3) is 4.18. The number of hydrogen-bond acceptors (Lipinski definition) is 3. The molecule has 1 unspecified atom stereocenters. The van der Waals surface area contributed by atoms with E-state index in [0.29, 0.717) is 18.8 Å². The summed E-state index contributed by atoms with van der Waals surface area (Å²) in [7, 11) is 0. The number of nitrogens with two attached hydrogens (primary N) is 1. The molecule has 0 radical (unpaired) electrons. The fourth-order valence-corrected chi connectivity index (χ4v) is 1.70. The maximum absolute atomic E-state index is 11.5. The molecular formula is C10H19N3O2. The molecule has 0 aromatic rings. The Morgan fingerprint density at radius 2 is 2.33 bits per heavy atom. The Morgan fingerprint density at radius 1 is 1.67 bits per heavy atom. The quantitative estimate of drug-likeness (QED) is 0.273. The van der Waals surface area contributed by atoms with Crippen LogP contribution < -0.4 is 11.1 Å². The van der Waals surface area contributed by atoms with Crippen LogP contribution in [-0.4, -0.2) is 23.0 Å². The predicted octanol–water partition coefficient (Wildman–Crippen LogP) is 0.818. The molecule has 5 heteroatoms. The van der Waals surface area contributed by atoms with Crippen LogP contribution in [0.5, 0.6) is 0 Å². The second kappa shape index (κ2) is 5.58. The first-order valence-corrected chi connectivity index (χ1v) is 5.37. The van der Waals surface area contributed by atoms with Crippen LogP contribution in [-0.2, 0) is 4.79 Å². The number of amidine groups is 1. The van der Waals surface area contributed by atoms with Gasteiger partial charge >= 0.3 is 0 Å². The molecule has 1 fully saturated rings. The van der Waals surface area contributed by atoms with Gasteiger partial charge in [-0.25, -0.2) is 0 Å². The molecule has 0 aromatic heterocycles. The van der Waals surface area contributed by atoms with E-state index in [1.54, 1.807) is 0 Å². The number of carbonyl (C=O) groups is 1. The molecule has 1 aliphatic carbocycles. The predicted molar refractivity (Wildman–Crippen MR) is 57.6 cm³/mol. The van der Waals surface area contributed by atoms with E-state index in [-0.39, 0.29) is 17.8 Å². The molecule has 0 aliphatic heterocycles. The SMILES string of the molecule is CC(CC(N)=NO)NC(=O)CC1CCC1. The van der Waals surface area contributed by atoms with Gasteiger partial charge in [-0.15, -0.1) is 0 Å². The summed E-state index contributed by atoms with van der Waals surface area (Å²) in [6, 6.07) is -0.0755. The Morgan fingerprint density at radius 3 is 2.80 bits per heavy atom. The van der Waals surface area contributed by atoms with Gasteiger partial charge in [0.05, 0.1) is 0 Å². The van der Waals surface area contributed by atoms with Crippen molar-refractivity contribution in [2.75, 3.05) is 0 Å². The van der Waals surface area contributed by atoms with Crippen LogP contribution in [0.1, 0.15) is 39.0 Å². The Labute approximate surface area is 89.7 Å². The average molecular weight is 213 g/mol. The van der Waals surface area contributed by atoms with Crippen LogP contribution in [0.15, 0.2) is 5.16 Å². The Bertz CT molecular complexity index is 249. The highest BCUT2D eigenvalue weighted by Crippen LogP contribution is 2.29. The van der Waals surface area contributed by atoms with Crippen molar-refractivity contribution in [3.8, 4) is 0 Å². The molecule has 0 bridgehead atoms. The van der Waals surface area contributed by atoms with Crippen molar-refractivity contribution in [1.29, 1.82) is 0 Å². The second-order valence-electron chi connectivity index (χ2n) is 4.27. The lowest BCUT2D eigenvalue weighted by atomic mass is 9.83. The zero-order chi connectivity index (χ0) is 11.3. The van der Waals surface area contributed by atoms with E-state index in [4.69, 9.17) is 10.9 Å². The third-order valence-electron chi connectivity index (χ3n) is 2.75. The van der Waals surface area contributed by atoms with Crippen LogP contribution in [0.3, 0.4) is 0 Å². The first kappa shape index (κ1) is 11.8. The first-order chi connectivity index (χ1) is 7.11. The number of hydrogen-bond donors (Lipinski definition) is 3. The molecule has 0 spiro atoms. The summed E-state index contributed by atoms with van der Waals surface area (Å²) < 4.78 is 0. The molecule has 1 aliphatic rings. The van der Waals surface area contributed by atoms with Crippen molar-refractivity contribution in [3.63, 3.8) is 0 Å². The van der Waals surface area contributed by atoms with E-state index in [9.17, 15) is 4.79 Å². The van der Waals surface area contributed by atoms with Gasteiger partial charge in [0.15, 0.2) is 0 Å². The number of rotatable bonds is 5. The molecule has 1 saturated carbocycles. The monoisotopic (exact) mass is 213 g/mol. The summed E-state index contributed by atoms with van der Waals surface area (Å²) in [4.78, 5) is 11.5. The summed E-state index contributed by atoms with van der Waals surface area (Å²) >= 11 is 0. The Kier molecular flexibility index (Phi) is 4.39. The van der Waals surface area contributed by atoms with Crippen LogP contribution >= 0.6 is 0 Å². The molecule has 4 N–H and O–H groups in total. The molecule has 0 aromatic carbocycles. The van der Waals surface area contributed by atoms with Crippen molar-refractivity contribution in [3.05, 3.63) is 0 Å². The lowest BCUT2D eigenvalue weighted by Crippen LogP contribution is -2.37. The zero-order valence-corrected chi connectivity index (χ0v) is 9.07. The van der Waals surface area contributed by atoms with Gasteiger partial charge in [-0.3, -0.25) is 4.79 Å². The zero-order valence-electron chi connectivity index (χ0n) is 9.07. The molecule has 1 atom stereocenters. The molecule has 15 heavy (non-hydrogen) atoms. The lowest BCUT2D eigenvalue weighted by Gasteiger charge is -2.25. The van der Waals surface area contributed by atoms with Crippen molar-refractivity contribution >= 4 is 11.7 Å². The number of nitrogens with one attached hydrogen (secondary N) is 1. The minimum absolute atomic E-state index is 0.0675. The van der Waals surface area contributed by atoms with Gasteiger partial charge in [0, 0.05) is 18.9 Å². The van der Waals surface area contributed by atoms with E-state index < -0.39 is 0 Å². The molecule has 86 valence electrons. The smallest absolute Gasteiger partial charge is 0.220 e. The Hall–Kier alpha value is -1.26. The topological polar surface area (TPSA) is 87.7 Å². The molecule has 0 heterocycles. The third-order valence-corrected chi connectivity index (χ3v) is 2.75. The minimum Gasteiger partial charge on any atom is -0.409 e. The van der Waals surface area contributed by atoms with Gasteiger partial charge in [0.1, 0.15) is 5.84 Å². The van der Waals surface area contributed by atoms with Gasteiger partial charge in [-0.2, -0.15) is 0 Å². The number of carbonyl (C=O) groups excluding carboxylic acids is 1. The normalized spacial score (nSPS) is 19.4. The van der Waals surface area contributed by atoms with Crippen molar-refractivity contribution in [1.82, 2.24) is 5.32 Å². The molecule has 1 amide bonds. The maximum Gasteiger partial charge on any atom is 0.220 e. The van der Waals surface area contributed by atoms with Crippen LogP contribution in [0.4, 0.5) is 0 Å². The van der Waals surface area contributed by atoms with Gasteiger partial charge in [0.25, 0.3) is 0 Å². The molecule has 0 saturated heterocycles. The van der Waals surface area contributed by atoms with E-state index in [1.165, 1.54) is 19.3 Å². The summed E-state index contributed by atoms with van der Waals surface area (Å²) in [6.07, 6.45) is 4.58. The fourth-order valence-electron chi connectivity index (χ4n) is 1.70. The molecule has 5 nitrogen and oxygen atoms in total. The standard InChI is InChI=1S/C10H19N3O2/c1-7(5-9(11)13-15)12-10(14)6-8-3-2-4-8/h7-8,15H,2-6H2,1H3,(H2,11,13)(H,12,14). The van der Waals surface area contributed by atoms with Crippen molar-refractivity contribution < 1.29 is 10.0 Å². The Balaban J connectivity index is 2.18. The highest BCUT2D eigenvalue weighted by Gasteiger charge is 2.21. The maximum atomic E-state index is 11.5. The second-order valence-corrected chi connectivity index (χ2v) is 4.27. The number of nitrogens with zero attached hydrogens (tertiary/aromatic N) is 1. The molecular weight excluding hydrogens is 194 g/mol. The van der Waals surface area contributed by atoms with Crippen molar-refractivity contribution in [2.24, 2.45) is 16.8 Å². The summed E-state index contributed by atoms with van der Waals surface area (Å²) in [5.41, 5.74) is 5.34. The first-order valence-electron chi connectivity index (χ1n) is 5.37. The van der Waals surface area contributed by atoms with Gasteiger partial charge < -0.3 is 16.3 Å². The number of amides is 1. The molecule has 1 rings (SSSR count). The van der Waals surface area contributed by atoms with E-state index in [2.05, 4.69) is 10.5 Å². The highest BCUT2D eigenvalue weighted by atomic mass is 16.4. The van der Waals surface area contributed by atoms with Gasteiger partial charge in [-0.1, -0.05) is 11.6 Å². The fraction of sp³-hybridized carbons (Fsp3) is 0.800. The van der Waals surface area contributed by atoms with E-state index in [1.807, 2.05) is 6.92 Å². The highest BCUT2D eigenvalue weighted by molar-refractivity contribution is 5.82. The van der Waals surface area contributed by atoms with Crippen molar-refractivity contribution in [2.45, 2.75) is 45.1 Å². The number of oxime groups is 1. The summed E-state index contributed by atoms with van der Waals surface area (Å²) in [5, 5.41) is 14.1. The summed E-state index contributed by atoms with van der Waals surface area (Å²) in [5.74, 6) is 0.783. The summed E-state index contributed by atoms with van der Waals surface area (Å²) in [6.45, 7) is 1.84. The average Bonchev–Trinajstić information content (AvgIpc) is 2.11. The van der Waals surface area contributed by atoms with Gasteiger partial charge in [0.2, 0.25) is 5.91 Å². The largest absolute Gasteiger partial charge is 0.409 e. The lowest BCUT2D eigenvalue weighted by molar-refractivity contribution is -0.123. The van der Waals surface area contributed by atoms with E-state index in [0.717, 1.165) is 0 Å². The van der Waals surface area contributed by atoms with Gasteiger partial charge in [-0.05, 0) is 25.7 Å². The minimum atomic E-state index is -0.0755. The van der Waals surface area contributed by atoms with Crippen LogP contribution in [0.2, 0.25) is 0 Å². The van der Waals surface area contributed by atoms with Crippen LogP contribution in [0, 0.1) is 5.92 Å².